The van der Waals surface area contributed by atoms with Gasteiger partial charge in [-0.3, -0.25) is 9.69 Å². The van der Waals surface area contributed by atoms with Gasteiger partial charge in [-0.15, -0.1) is 0 Å². The number of carbonyl (C=O) groups is 1. The van der Waals surface area contributed by atoms with Crippen molar-refractivity contribution in [3.8, 4) is 11.5 Å². The quantitative estimate of drug-likeness (QED) is 0.560. The molecule has 1 aliphatic rings. The van der Waals surface area contributed by atoms with Crippen LogP contribution in [0.2, 0.25) is 0 Å². The Balaban J connectivity index is 1.39. The lowest BCUT2D eigenvalue weighted by Crippen LogP contribution is -2.51. The highest BCUT2D eigenvalue weighted by Gasteiger charge is 2.28. The van der Waals surface area contributed by atoms with Gasteiger partial charge in [-0.2, -0.15) is 0 Å². The van der Waals surface area contributed by atoms with Crippen molar-refractivity contribution >= 4 is 5.91 Å². The molecule has 0 radical (unpaired) electrons. The van der Waals surface area contributed by atoms with Crippen molar-refractivity contribution in [1.29, 1.82) is 0 Å². The van der Waals surface area contributed by atoms with E-state index < -0.39 is 0 Å². The molecule has 0 aromatic heterocycles. The van der Waals surface area contributed by atoms with Gasteiger partial charge in [-0.05, 0) is 35.7 Å². The lowest BCUT2D eigenvalue weighted by atomic mass is 9.96. The van der Waals surface area contributed by atoms with Crippen molar-refractivity contribution in [2.45, 2.75) is 13.0 Å². The second kappa shape index (κ2) is 10.3. The molecular weight excluding hydrogens is 400 g/mol. The second-order valence-corrected chi connectivity index (χ2v) is 8.08. The van der Waals surface area contributed by atoms with E-state index in [2.05, 4.69) is 53.4 Å². The summed E-state index contributed by atoms with van der Waals surface area (Å²) in [6, 6.07) is 27.0. The highest BCUT2D eigenvalue weighted by molar-refractivity contribution is 5.78. The molecule has 0 bridgehead atoms. The van der Waals surface area contributed by atoms with Crippen LogP contribution in [-0.4, -0.2) is 55.6 Å². The van der Waals surface area contributed by atoms with Gasteiger partial charge in [0.25, 0.3) is 5.91 Å². The van der Waals surface area contributed by atoms with Crippen LogP contribution in [0.5, 0.6) is 11.5 Å². The van der Waals surface area contributed by atoms with Crippen LogP contribution >= 0.6 is 0 Å². The minimum Gasteiger partial charge on any atom is -0.493 e. The number of hydrogen-bond acceptors (Lipinski definition) is 4. The van der Waals surface area contributed by atoms with Gasteiger partial charge in [0.2, 0.25) is 0 Å². The fraction of sp³-hybridized carbons (Fsp3) is 0.296. The molecule has 0 spiro atoms. The summed E-state index contributed by atoms with van der Waals surface area (Å²) in [5.41, 5.74) is 3.63. The third-order valence-corrected chi connectivity index (χ3v) is 5.93. The van der Waals surface area contributed by atoms with Crippen molar-refractivity contribution < 1.29 is 14.3 Å². The van der Waals surface area contributed by atoms with E-state index in [1.165, 1.54) is 11.1 Å². The Morgan fingerprint density at radius 3 is 2.00 bits per heavy atom. The number of amides is 1. The van der Waals surface area contributed by atoms with Crippen LogP contribution < -0.4 is 9.47 Å². The molecule has 0 saturated carbocycles. The third kappa shape index (κ3) is 5.11. The molecule has 5 nitrogen and oxygen atoms in total. The van der Waals surface area contributed by atoms with Crippen LogP contribution in [-0.2, 0) is 4.79 Å². The molecule has 1 fully saturated rings. The van der Waals surface area contributed by atoms with Crippen molar-refractivity contribution in [1.82, 2.24) is 9.80 Å². The lowest BCUT2D eigenvalue weighted by Gasteiger charge is -2.39. The Labute approximate surface area is 190 Å². The van der Waals surface area contributed by atoms with Crippen molar-refractivity contribution in [2.24, 2.45) is 0 Å². The zero-order valence-electron chi connectivity index (χ0n) is 18.7. The Kier molecular flexibility index (Phi) is 7.07. The maximum absolute atomic E-state index is 12.8. The number of rotatable bonds is 7. The molecule has 1 aliphatic heterocycles. The average Bonchev–Trinajstić information content (AvgIpc) is 2.85. The van der Waals surface area contributed by atoms with Gasteiger partial charge < -0.3 is 14.4 Å². The van der Waals surface area contributed by atoms with Gasteiger partial charge in [-0.1, -0.05) is 66.7 Å². The maximum Gasteiger partial charge on any atom is 0.260 e. The first-order valence-electron chi connectivity index (χ1n) is 11.0. The summed E-state index contributed by atoms with van der Waals surface area (Å²) in [4.78, 5) is 17.1. The molecule has 3 aromatic rings. The number of ether oxygens (including phenoxy) is 2. The van der Waals surface area contributed by atoms with Crippen LogP contribution in [0.4, 0.5) is 0 Å². The summed E-state index contributed by atoms with van der Waals surface area (Å²) >= 11 is 0. The third-order valence-electron chi connectivity index (χ3n) is 5.93. The first kappa shape index (κ1) is 21.9. The van der Waals surface area contributed by atoms with E-state index in [4.69, 9.17) is 9.47 Å². The van der Waals surface area contributed by atoms with Gasteiger partial charge in [0.1, 0.15) is 0 Å². The highest BCUT2D eigenvalue weighted by atomic mass is 16.5. The molecule has 166 valence electrons. The first-order valence-corrected chi connectivity index (χ1v) is 11.0. The molecule has 1 amide bonds. The van der Waals surface area contributed by atoms with Gasteiger partial charge in [0, 0.05) is 26.2 Å². The fourth-order valence-electron chi connectivity index (χ4n) is 4.24. The fourth-order valence-corrected chi connectivity index (χ4v) is 4.24. The number of methoxy groups -OCH3 is 1. The molecule has 0 unspecified atom stereocenters. The topological polar surface area (TPSA) is 42.0 Å². The minimum absolute atomic E-state index is 0.00301. The molecule has 4 rings (SSSR count). The second-order valence-electron chi connectivity index (χ2n) is 8.08. The largest absolute Gasteiger partial charge is 0.493 e. The summed E-state index contributed by atoms with van der Waals surface area (Å²) < 4.78 is 11.2. The summed E-state index contributed by atoms with van der Waals surface area (Å²) in [5.74, 6) is 1.25. The van der Waals surface area contributed by atoms with Gasteiger partial charge in [-0.25, -0.2) is 0 Å². The normalized spacial score (nSPS) is 14.4. The highest BCUT2D eigenvalue weighted by Crippen LogP contribution is 2.30. The van der Waals surface area contributed by atoms with Crippen molar-refractivity contribution in [3.05, 3.63) is 95.6 Å². The predicted molar refractivity (Wildman–Crippen MR) is 126 cm³/mol. The van der Waals surface area contributed by atoms with Crippen LogP contribution in [0, 0.1) is 6.92 Å². The Morgan fingerprint density at radius 2 is 1.44 bits per heavy atom. The molecule has 1 saturated heterocycles. The molecule has 5 heteroatoms. The molecule has 3 aromatic carbocycles. The number of aryl methyl sites for hydroxylation is 1. The first-order chi connectivity index (χ1) is 15.7. The Hall–Kier alpha value is -3.31. The molecule has 0 atom stereocenters. The SMILES string of the molecule is COc1cc(C)ccc1OCC(=O)N1CCN(C(c2ccccc2)c2ccccc2)CC1. The smallest absolute Gasteiger partial charge is 0.260 e. The zero-order valence-corrected chi connectivity index (χ0v) is 18.7. The number of nitrogens with zero attached hydrogens (tertiary/aromatic N) is 2. The van der Waals surface area contributed by atoms with E-state index in [-0.39, 0.29) is 18.6 Å². The van der Waals surface area contributed by atoms with Crippen molar-refractivity contribution in [2.75, 3.05) is 39.9 Å². The van der Waals surface area contributed by atoms with Crippen LogP contribution in [0.25, 0.3) is 0 Å². The zero-order chi connectivity index (χ0) is 22.3. The van der Waals surface area contributed by atoms with E-state index in [0.29, 0.717) is 24.6 Å². The van der Waals surface area contributed by atoms with E-state index in [0.717, 1.165) is 18.7 Å². The van der Waals surface area contributed by atoms with Gasteiger partial charge in [0.15, 0.2) is 18.1 Å². The van der Waals surface area contributed by atoms with Gasteiger partial charge >= 0.3 is 0 Å². The summed E-state index contributed by atoms with van der Waals surface area (Å²) in [6.45, 7) is 5.00. The van der Waals surface area contributed by atoms with E-state index in [1.807, 2.05) is 42.2 Å². The lowest BCUT2D eigenvalue weighted by molar-refractivity contribution is -0.135. The summed E-state index contributed by atoms with van der Waals surface area (Å²) in [7, 11) is 1.61. The maximum atomic E-state index is 12.8. The summed E-state index contributed by atoms with van der Waals surface area (Å²) in [5, 5.41) is 0. The Morgan fingerprint density at radius 1 is 0.844 bits per heavy atom. The van der Waals surface area contributed by atoms with Crippen molar-refractivity contribution in [3.63, 3.8) is 0 Å². The minimum atomic E-state index is 0.00301. The van der Waals surface area contributed by atoms with Crippen LogP contribution in [0.3, 0.4) is 0 Å². The predicted octanol–water partition coefficient (Wildman–Crippen LogP) is 4.32. The number of hydrogen-bond donors (Lipinski definition) is 0. The number of piperazine rings is 1. The van der Waals surface area contributed by atoms with E-state index >= 15 is 0 Å². The van der Waals surface area contributed by atoms with E-state index in [1.54, 1.807) is 7.11 Å². The van der Waals surface area contributed by atoms with E-state index in [9.17, 15) is 4.79 Å². The molecule has 0 aliphatic carbocycles. The standard InChI is InChI=1S/C27H30N2O3/c1-21-13-14-24(25(19-21)31-2)32-20-26(30)28-15-17-29(18-16-28)27(22-9-5-3-6-10-22)23-11-7-4-8-12-23/h3-14,19,27H,15-18,20H2,1-2H3. The van der Waals surface area contributed by atoms with Crippen LogP contribution in [0.1, 0.15) is 22.7 Å². The molecule has 32 heavy (non-hydrogen) atoms. The Bertz CT molecular complexity index is 976. The molecular formula is C27H30N2O3. The van der Waals surface area contributed by atoms with Gasteiger partial charge in [0.05, 0.1) is 13.2 Å². The average molecular weight is 431 g/mol. The number of benzene rings is 3. The monoisotopic (exact) mass is 430 g/mol. The molecule has 1 heterocycles. The number of carbonyl (C=O) groups excluding carboxylic acids is 1. The molecule has 0 N–H and O–H groups in total. The summed E-state index contributed by atoms with van der Waals surface area (Å²) in [6.07, 6.45) is 0. The van der Waals surface area contributed by atoms with Crippen LogP contribution in [0.15, 0.2) is 78.9 Å².